The lowest BCUT2D eigenvalue weighted by Crippen LogP contribution is -2.20. The maximum atomic E-state index is 10.5. The molecule has 0 saturated carbocycles. The first-order chi connectivity index (χ1) is 9.11. The predicted octanol–water partition coefficient (Wildman–Crippen LogP) is 3.53. The molecule has 2 aromatic rings. The lowest BCUT2D eigenvalue weighted by molar-refractivity contribution is 0.147. The van der Waals surface area contributed by atoms with Crippen LogP contribution in [-0.4, -0.2) is 11.7 Å². The second-order valence-corrected chi connectivity index (χ2v) is 5.66. The number of aliphatic hydroxyl groups is 1. The molecule has 2 unspecified atom stereocenters. The molecule has 0 aliphatic carbocycles. The van der Waals surface area contributed by atoms with Crippen LogP contribution in [0.2, 0.25) is 0 Å². The van der Waals surface area contributed by atoms with Gasteiger partial charge in [0.05, 0.1) is 6.10 Å². The van der Waals surface area contributed by atoms with Crippen molar-refractivity contribution in [2.45, 2.75) is 18.9 Å². The van der Waals surface area contributed by atoms with Gasteiger partial charge in [0.15, 0.2) is 0 Å². The molecule has 0 aliphatic heterocycles. The van der Waals surface area contributed by atoms with Crippen LogP contribution in [0.4, 0.5) is 0 Å². The minimum atomic E-state index is -0.583. The average molecular weight is 320 g/mol. The van der Waals surface area contributed by atoms with Crippen molar-refractivity contribution in [3.05, 3.63) is 69.7 Å². The van der Waals surface area contributed by atoms with Crippen LogP contribution in [-0.2, 0) is 0 Å². The van der Waals surface area contributed by atoms with Crippen molar-refractivity contribution in [3.8, 4) is 0 Å². The molecule has 0 radical (unpaired) electrons. The Morgan fingerprint density at radius 2 is 1.53 bits per heavy atom. The zero-order chi connectivity index (χ0) is 13.8. The first kappa shape index (κ1) is 14.3. The first-order valence-electron chi connectivity index (χ1n) is 6.32. The van der Waals surface area contributed by atoms with E-state index in [0.29, 0.717) is 6.54 Å². The van der Waals surface area contributed by atoms with Gasteiger partial charge >= 0.3 is 0 Å². The summed E-state index contributed by atoms with van der Waals surface area (Å²) in [5, 5.41) is 10.5. The summed E-state index contributed by atoms with van der Waals surface area (Å²) in [6, 6.07) is 15.9. The van der Waals surface area contributed by atoms with Crippen LogP contribution in [0.3, 0.4) is 0 Å². The highest BCUT2D eigenvalue weighted by molar-refractivity contribution is 9.10. The third-order valence-corrected chi connectivity index (χ3v) is 3.88. The molecule has 19 heavy (non-hydrogen) atoms. The monoisotopic (exact) mass is 319 g/mol. The molecule has 0 bridgehead atoms. The van der Waals surface area contributed by atoms with E-state index in [2.05, 4.69) is 15.9 Å². The van der Waals surface area contributed by atoms with Gasteiger partial charge in [-0.25, -0.2) is 0 Å². The minimum Gasteiger partial charge on any atom is -0.388 e. The molecule has 2 nitrogen and oxygen atoms in total. The van der Waals surface area contributed by atoms with Gasteiger partial charge in [-0.1, -0.05) is 57.9 Å². The summed E-state index contributed by atoms with van der Waals surface area (Å²) in [5.41, 5.74) is 9.01. The highest BCUT2D eigenvalue weighted by Gasteiger charge is 2.21. The molecule has 100 valence electrons. The molecule has 3 N–H and O–H groups in total. The number of aryl methyl sites for hydroxylation is 1. The molecule has 0 aromatic heterocycles. The molecule has 0 amide bonds. The van der Waals surface area contributed by atoms with Crippen molar-refractivity contribution in [1.29, 1.82) is 0 Å². The van der Waals surface area contributed by atoms with Crippen LogP contribution < -0.4 is 5.73 Å². The van der Waals surface area contributed by atoms with Crippen LogP contribution in [0.15, 0.2) is 53.0 Å². The summed E-state index contributed by atoms with van der Waals surface area (Å²) in [6.07, 6.45) is -0.583. The van der Waals surface area contributed by atoms with Gasteiger partial charge in [-0.15, -0.1) is 0 Å². The van der Waals surface area contributed by atoms with Crippen molar-refractivity contribution in [1.82, 2.24) is 0 Å². The zero-order valence-electron chi connectivity index (χ0n) is 10.9. The third-order valence-electron chi connectivity index (χ3n) is 3.35. The van der Waals surface area contributed by atoms with Gasteiger partial charge in [-0.05, 0) is 30.2 Å². The van der Waals surface area contributed by atoms with Crippen LogP contribution in [0.25, 0.3) is 0 Å². The summed E-state index contributed by atoms with van der Waals surface area (Å²) < 4.78 is 1.00. The van der Waals surface area contributed by atoms with Gasteiger partial charge in [0.1, 0.15) is 0 Å². The van der Waals surface area contributed by atoms with Gasteiger partial charge in [-0.2, -0.15) is 0 Å². The number of nitrogens with two attached hydrogens (primary N) is 1. The predicted molar refractivity (Wildman–Crippen MR) is 82.1 cm³/mol. The Balaban J connectivity index is 2.26. The molecule has 2 rings (SSSR count). The normalized spacial score (nSPS) is 14.1. The Kier molecular flexibility index (Phi) is 4.75. The van der Waals surface area contributed by atoms with Crippen molar-refractivity contribution in [2.75, 3.05) is 6.54 Å². The quantitative estimate of drug-likeness (QED) is 0.905. The maximum absolute atomic E-state index is 10.5. The summed E-state index contributed by atoms with van der Waals surface area (Å²) in [5.74, 6) is -0.0817. The second-order valence-electron chi connectivity index (χ2n) is 4.75. The van der Waals surface area contributed by atoms with Gasteiger partial charge in [-0.3, -0.25) is 0 Å². The fraction of sp³-hybridized carbons (Fsp3) is 0.250. The van der Waals surface area contributed by atoms with E-state index in [0.717, 1.165) is 15.6 Å². The lowest BCUT2D eigenvalue weighted by Gasteiger charge is -2.22. The molecular weight excluding hydrogens is 302 g/mol. The molecule has 2 atom stereocenters. The Labute approximate surface area is 122 Å². The SMILES string of the molecule is Cc1ccc(C(CN)C(O)c2ccc(Br)cc2)cc1. The van der Waals surface area contributed by atoms with Crippen molar-refractivity contribution < 1.29 is 5.11 Å². The lowest BCUT2D eigenvalue weighted by atomic mass is 9.89. The molecule has 0 aliphatic rings. The molecule has 0 saturated heterocycles. The van der Waals surface area contributed by atoms with E-state index in [1.54, 1.807) is 0 Å². The number of aliphatic hydroxyl groups excluding tert-OH is 1. The van der Waals surface area contributed by atoms with Crippen LogP contribution >= 0.6 is 15.9 Å². The topological polar surface area (TPSA) is 46.2 Å². The Morgan fingerprint density at radius 3 is 2.05 bits per heavy atom. The van der Waals surface area contributed by atoms with Crippen molar-refractivity contribution in [2.24, 2.45) is 5.73 Å². The van der Waals surface area contributed by atoms with E-state index < -0.39 is 6.10 Å². The highest BCUT2D eigenvalue weighted by Crippen LogP contribution is 2.30. The van der Waals surface area contributed by atoms with E-state index in [4.69, 9.17) is 5.73 Å². The van der Waals surface area contributed by atoms with Gasteiger partial charge in [0, 0.05) is 16.9 Å². The Bertz CT molecular complexity index is 521. The second kappa shape index (κ2) is 6.33. The van der Waals surface area contributed by atoms with Crippen molar-refractivity contribution >= 4 is 15.9 Å². The molecule has 0 fully saturated rings. The summed E-state index contributed by atoms with van der Waals surface area (Å²) in [6.45, 7) is 2.46. The number of hydrogen-bond donors (Lipinski definition) is 2. The Morgan fingerprint density at radius 1 is 1.00 bits per heavy atom. The van der Waals surface area contributed by atoms with E-state index in [1.807, 2.05) is 55.5 Å². The maximum Gasteiger partial charge on any atom is 0.0870 e. The van der Waals surface area contributed by atoms with Crippen molar-refractivity contribution in [3.63, 3.8) is 0 Å². The van der Waals surface area contributed by atoms with Gasteiger partial charge in [0.2, 0.25) is 0 Å². The van der Waals surface area contributed by atoms with Crippen LogP contribution in [0.5, 0.6) is 0 Å². The standard InChI is InChI=1S/C16H18BrNO/c1-11-2-4-12(5-3-11)15(10-18)16(19)13-6-8-14(17)9-7-13/h2-9,15-16,19H,10,18H2,1H3. The number of halogens is 1. The smallest absolute Gasteiger partial charge is 0.0870 e. The van der Waals surface area contributed by atoms with Crippen LogP contribution in [0.1, 0.15) is 28.7 Å². The fourth-order valence-corrected chi connectivity index (χ4v) is 2.42. The van der Waals surface area contributed by atoms with Crippen LogP contribution in [0, 0.1) is 6.92 Å². The van der Waals surface area contributed by atoms with Gasteiger partial charge in [0.25, 0.3) is 0 Å². The number of rotatable bonds is 4. The largest absolute Gasteiger partial charge is 0.388 e. The molecule has 0 heterocycles. The van der Waals surface area contributed by atoms with E-state index in [-0.39, 0.29) is 5.92 Å². The molecular formula is C16H18BrNO. The number of benzene rings is 2. The summed E-state index contributed by atoms with van der Waals surface area (Å²) in [4.78, 5) is 0. The summed E-state index contributed by atoms with van der Waals surface area (Å²) >= 11 is 3.40. The summed E-state index contributed by atoms with van der Waals surface area (Å²) in [7, 11) is 0. The van der Waals surface area contributed by atoms with E-state index >= 15 is 0 Å². The number of hydrogen-bond acceptors (Lipinski definition) is 2. The Hall–Kier alpha value is -1.16. The van der Waals surface area contributed by atoms with E-state index in [1.165, 1.54) is 5.56 Å². The zero-order valence-corrected chi connectivity index (χ0v) is 12.5. The molecule has 0 spiro atoms. The fourth-order valence-electron chi connectivity index (χ4n) is 2.15. The minimum absolute atomic E-state index is 0.0817. The highest BCUT2D eigenvalue weighted by atomic mass is 79.9. The third kappa shape index (κ3) is 3.44. The molecule has 2 aromatic carbocycles. The average Bonchev–Trinajstić information content (AvgIpc) is 2.42. The van der Waals surface area contributed by atoms with Gasteiger partial charge < -0.3 is 10.8 Å². The molecule has 3 heteroatoms. The first-order valence-corrected chi connectivity index (χ1v) is 7.11. The van der Waals surface area contributed by atoms with E-state index in [9.17, 15) is 5.11 Å².